The number of carbonyl (C=O) groups excluding carboxylic acids is 1. The van der Waals surface area contributed by atoms with E-state index in [0.717, 1.165) is 37.1 Å². The summed E-state index contributed by atoms with van der Waals surface area (Å²) in [7, 11) is 1.87. The molecule has 0 bridgehead atoms. The highest BCUT2D eigenvalue weighted by Gasteiger charge is 2.23. The van der Waals surface area contributed by atoms with E-state index in [-0.39, 0.29) is 36.6 Å². The molecule has 1 aromatic carbocycles. The third-order valence-electron chi connectivity index (χ3n) is 4.00. The molecule has 2 rings (SSSR count). The fourth-order valence-electron chi connectivity index (χ4n) is 2.70. The Morgan fingerprint density at radius 2 is 2.00 bits per heavy atom. The number of benzene rings is 1. The summed E-state index contributed by atoms with van der Waals surface area (Å²) < 4.78 is 1.10. The van der Waals surface area contributed by atoms with E-state index in [1.54, 1.807) is 0 Å². The fraction of sp³-hybridized carbons (Fsp3) is 0.562. The van der Waals surface area contributed by atoms with Gasteiger partial charge in [0.25, 0.3) is 0 Å². The summed E-state index contributed by atoms with van der Waals surface area (Å²) >= 11 is 3.46. The second-order valence-corrected chi connectivity index (χ2v) is 6.70. The summed E-state index contributed by atoms with van der Waals surface area (Å²) in [6.45, 7) is 5.53. The average molecular weight is 427 g/mol. The predicted molar refractivity (Wildman–Crippen MR) is 105 cm³/mol. The van der Waals surface area contributed by atoms with Crippen LogP contribution in [0.4, 0.5) is 5.69 Å². The molecule has 0 radical (unpaired) electrons. The first kappa shape index (κ1) is 22.5. The van der Waals surface area contributed by atoms with E-state index in [1.807, 2.05) is 14.0 Å². The van der Waals surface area contributed by atoms with E-state index in [2.05, 4.69) is 55.7 Å². The van der Waals surface area contributed by atoms with Crippen LogP contribution in [0.1, 0.15) is 13.3 Å². The topological polar surface area (TPSA) is 44.4 Å². The van der Waals surface area contributed by atoms with Crippen molar-refractivity contribution in [3.8, 4) is 0 Å². The maximum atomic E-state index is 11.9. The van der Waals surface area contributed by atoms with E-state index >= 15 is 0 Å². The average Bonchev–Trinajstić information content (AvgIpc) is 2.94. The molecule has 1 aliphatic rings. The first-order chi connectivity index (χ1) is 10.1. The summed E-state index contributed by atoms with van der Waals surface area (Å²) in [5.74, 6) is 0.713. The lowest BCUT2D eigenvalue weighted by molar-refractivity contribution is -0.124. The largest absolute Gasteiger partial charge is 0.371 e. The van der Waals surface area contributed by atoms with Gasteiger partial charge in [0, 0.05) is 42.3 Å². The van der Waals surface area contributed by atoms with E-state index in [0.29, 0.717) is 5.92 Å². The van der Waals surface area contributed by atoms with Gasteiger partial charge in [-0.15, -0.1) is 24.8 Å². The molecule has 2 unspecified atom stereocenters. The smallest absolute Gasteiger partial charge is 0.224 e. The highest BCUT2D eigenvalue weighted by atomic mass is 79.9. The van der Waals surface area contributed by atoms with Crippen molar-refractivity contribution in [3.05, 3.63) is 28.7 Å². The second-order valence-electron chi connectivity index (χ2n) is 5.78. The van der Waals surface area contributed by atoms with Gasteiger partial charge in [0.05, 0.1) is 0 Å². The zero-order valence-electron chi connectivity index (χ0n) is 13.5. The normalized spacial score (nSPS) is 17.9. The molecule has 2 N–H and O–H groups in total. The molecule has 4 nitrogen and oxygen atoms in total. The van der Waals surface area contributed by atoms with Crippen molar-refractivity contribution < 1.29 is 4.79 Å². The highest BCUT2D eigenvalue weighted by Crippen LogP contribution is 2.24. The maximum absolute atomic E-state index is 11.9. The quantitative estimate of drug-likeness (QED) is 0.734. The summed E-state index contributed by atoms with van der Waals surface area (Å²) in [6.07, 6.45) is 1.14. The number of hydrogen-bond acceptors (Lipinski definition) is 3. The first-order valence-corrected chi connectivity index (χ1v) is 8.32. The lowest BCUT2D eigenvalue weighted by Gasteiger charge is -2.19. The van der Waals surface area contributed by atoms with Gasteiger partial charge in [-0.05, 0) is 43.7 Å². The Bertz CT molecular complexity index is 473. The second kappa shape index (κ2) is 11.1. The Kier molecular flexibility index (Phi) is 10.9. The van der Waals surface area contributed by atoms with Crippen LogP contribution in [0, 0.1) is 11.8 Å². The van der Waals surface area contributed by atoms with Crippen LogP contribution in [0.15, 0.2) is 28.7 Å². The number of amides is 1. The third-order valence-corrected chi connectivity index (χ3v) is 4.53. The minimum atomic E-state index is 0. The molecular weight excluding hydrogens is 401 g/mol. The summed E-state index contributed by atoms with van der Waals surface area (Å²) in [5, 5.41) is 6.11. The minimum absolute atomic E-state index is 0. The van der Waals surface area contributed by atoms with Crippen LogP contribution in [0.25, 0.3) is 0 Å². The van der Waals surface area contributed by atoms with E-state index in [1.165, 1.54) is 5.69 Å². The summed E-state index contributed by atoms with van der Waals surface area (Å²) in [5.41, 5.74) is 1.26. The molecule has 1 saturated heterocycles. The fourth-order valence-corrected chi connectivity index (χ4v) is 2.97. The van der Waals surface area contributed by atoms with Crippen LogP contribution >= 0.6 is 40.7 Å². The van der Waals surface area contributed by atoms with Crippen molar-refractivity contribution in [1.82, 2.24) is 10.6 Å². The Labute approximate surface area is 159 Å². The molecule has 1 aromatic rings. The van der Waals surface area contributed by atoms with Crippen LogP contribution < -0.4 is 15.5 Å². The van der Waals surface area contributed by atoms with Crippen molar-refractivity contribution in [2.45, 2.75) is 13.3 Å². The van der Waals surface area contributed by atoms with E-state index < -0.39 is 0 Å². The highest BCUT2D eigenvalue weighted by molar-refractivity contribution is 9.10. The molecule has 0 spiro atoms. The van der Waals surface area contributed by atoms with Crippen LogP contribution in [0.3, 0.4) is 0 Å². The molecule has 1 fully saturated rings. The van der Waals surface area contributed by atoms with Crippen LogP contribution in [-0.2, 0) is 4.79 Å². The Morgan fingerprint density at radius 1 is 1.35 bits per heavy atom. The number of hydrogen-bond donors (Lipinski definition) is 2. The predicted octanol–water partition coefficient (Wildman–Crippen LogP) is 3.09. The van der Waals surface area contributed by atoms with Gasteiger partial charge in [-0.25, -0.2) is 0 Å². The van der Waals surface area contributed by atoms with Gasteiger partial charge in [0.2, 0.25) is 5.91 Å². The van der Waals surface area contributed by atoms with E-state index in [4.69, 9.17) is 0 Å². The van der Waals surface area contributed by atoms with Gasteiger partial charge in [-0.1, -0.05) is 22.9 Å². The molecule has 2 atom stereocenters. The number of nitrogens with one attached hydrogen (secondary N) is 2. The molecule has 0 aromatic heterocycles. The van der Waals surface area contributed by atoms with Crippen LogP contribution in [0.5, 0.6) is 0 Å². The van der Waals surface area contributed by atoms with Gasteiger partial charge in [-0.2, -0.15) is 0 Å². The molecule has 1 aliphatic heterocycles. The number of rotatable bonds is 6. The number of nitrogens with zero attached hydrogens (tertiary/aromatic N) is 1. The van der Waals surface area contributed by atoms with Gasteiger partial charge in [-0.3, -0.25) is 4.79 Å². The minimum Gasteiger partial charge on any atom is -0.371 e. The number of halogens is 3. The Balaban J connectivity index is 0.00000242. The molecule has 23 heavy (non-hydrogen) atoms. The van der Waals surface area contributed by atoms with Gasteiger partial charge >= 0.3 is 0 Å². The molecule has 7 heteroatoms. The molecule has 0 aliphatic carbocycles. The molecule has 132 valence electrons. The zero-order chi connectivity index (χ0) is 15.2. The van der Waals surface area contributed by atoms with E-state index in [9.17, 15) is 4.79 Å². The molecule has 1 amide bonds. The van der Waals surface area contributed by atoms with Crippen LogP contribution in [-0.4, -0.2) is 39.1 Å². The zero-order valence-corrected chi connectivity index (χ0v) is 16.8. The lowest BCUT2D eigenvalue weighted by Crippen LogP contribution is -2.37. The lowest BCUT2D eigenvalue weighted by atomic mass is 10.1. The summed E-state index contributed by atoms with van der Waals surface area (Å²) in [6, 6.07) is 8.42. The van der Waals surface area contributed by atoms with Crippen molar-refractivity contribution in [2.24, 2.45) is 11.8 Å². The Morgan fingerprint density at radius 3 is 2.61 bits per heavy atom. The van der Waals surface area contributed by atoms with Crippen molar-refractivity contribution >= 4 is 52.3 Å². The Hall–Kier alpha value is -0.490. The number of carbonyl (C=O) groups is 1. The van der Waals surface area contributed by atoms with Crippen molar-refractivity contribution in [1.29, 1.82) is 0 Å². The summed E-state index contributed by atoms with van der Waals surface area (Å²) in [4.78, 5) is 14.3. The van der Waals surface area contributed by atoms with Gasteiger partial charge < -0.3 is 15.5 Å². The number of anilines is 1. The first-order valence-electron chi connectivity index (χ1n) is 7.53. The van der Waals surface area contributed by atoms with Gasteiger partial charge in [0.1, 0.15) is 0 Å². The SMILES string of the molecule is CNCC(C)C(=O)NCC1CCN(c2ccc(Br)cc2)C1.Cl.Cl. The van der Waals surface area contributed by atoms with Crippen LogP contribution in [0.2, 0.25) is 0 Å². The molecule has 0 saturated carbocycles. The maximum Gasteiger partial charge on any atom is 0.224 e. The third kappa shape index (κ3) is 6.87. The van der Waals surface area contributed by atoms with Crippen molar-refractivity contribution in [3.63, 3.8) is 0 Å². The standard InChI is InChI=1S/C16H24BrN3O.2ClH/c1-12(9-18-2)16(21)19-10-13-7-8-20(11-13)15-5-3-14(17)4-6-15;;/h3-6,12-13,18H,7-11H2,1-2H3,(H,19,21);2*1H. The van der Waals surface area contributed by atoms with Gasteiger partial charge in [0.15, 0.2) is 0 Å². The molecule has 1 heterocycles. The van der Waals surface area contributed by atoms with Crippen molar-refractivity contribution in [2.75, 3.05) is 38.1 Å². The monoisotopic (exact) mass is 425 g/mol. The molecular formula is C16H26BrCl2N3O.